The van der Waals surface area contributed by atoms with Gasteiger partial charge in [-0.05, 0) is 48.2 Å². The van der Waals surface area contributed by atoms with Gasteiger partial charge in [-0.25, -0.2) is 4.68 Å². The number of aryl methyl sites for hydroxylation is 1. The van der Waals surface area contributed by atoms with Gasteiger partial charge in [0, 0.05) is 24.0 Å². The highest BCUT2D eigenvalue weighted by atomic mass is 15.3. The molecular formula is C18H17N3. The lowest BCUT2D eigenvalue weighted by atomic mass is 9.99. The summed E-state index contributed by atoms with van der Waals surface area (Å²) in [5.41, 5.74) is 6.17. The molecule has 0 radical (unpaired) electrons. The number of nitrogens with one attached hydrogen (secondary N) is 1. The quantitative estimate of drug-likeness (QED) is 0.768. The van der Waals surface area contributed by atoms with Crippen LogP contribution >= 0.6 is 0 Å². The maximum absolute atomic E-state index is 4.48. The summed E-state index contributed by atoms with van der Waals surface area (Å²) in [4.78, 5) is 0. The molecule has 0 bridgehead atoms. The van der Waals surface area contributed by atoms with E-state index < -0.39 is 0 Å². The van der Waals surface area contributed by atoms with Crippen LogP contribution in [0.4, 0.5) is 5.69 Å². The molecule has 1 aromatic heterocycles. The molecule has 0 saturated heterocycles. The fourth-order valence-corrected chi connectivity index (χ4v) is 2.85. The van der Waals surface area contributed by atoms with Crippen molar-refractivity contribution in [2.75, 3.05) is 11.9 Å². The average Bonchev–Trinajstić information content (AvgIpc) is 3.05. The molecule has 3 aromatic rings. The number of nitrogens with zero attached hydrogens (tertiary/aromatic N) is 2. The molecule has 1 aliphatic heterocycles. The van der Waals surface area contributed by atoms with Crippen LogP contribution in [0.15, 0.2) is 60.9 Å². The number of anilines is 1. The number of para-hydroxylation sites is 1. The van der Waals surface area contributed by atoms with Crippen LogP contribution in [-0.2, 0) is 6.42 Å². The van der Waals surface area contributed by atoms with Crippen LogP contribution in [0.3, 0.4) is 0 Å². The third kappa shape index (κ3) is 2.31. The Morgan fingerprint density at radius 3 is 2.81 bits per heavy atom. The fourth-order valence-electron chi connectivity index (χ4n) is 2.85. The Bertz CT molecular complexity index is 759. The lowest BCUT2D eigenvalue weighted by Gasteiger charge is -2.18. The van der Waals surface area contributed by atoms with Gasteiger partial charge in [-0.15, -0.1) is 0 Å². The van der Waals surface area contributed by atoms with Crippen molar-refractivity contribution in [2.24, 2.45) is 0 Å². The van der Waals surface area contributed by atoms with Crippen LogP contribution in [0.25, 0.3) is 16.8 Å². The molecule has 1 N–H and O–H groups in total. The van der Waals surface area contributed by atoms with Gasteiger partial charge in [-0.1, -0.05) is 24.3 Å². The van der Waals surface area contributed by atoms with E-state index in [1.54, 1.807) is 0 Å². The second-order valence-electron chi connectivity index (χ2n) is 5.41. The van der Waals surface area contributed by atoms with Gasteiger partial charge in [0.15, 0.2) is 0 Å². The first-order chi connectivity index (χ1) is 10.4. The molecule has 3 heteroatoms. The molecule has 0 atom stereocenters. The topological polar surface area (TPSA) is 29.9 Å². The van der Waals surface area contributed by atoms with Gasteiger partial charge >= 0.3 is 0 Å². The van der Waals surface area contributed by atoms with Crippen LogP contribution in [0.1, 0.15) is 12.0 Å². The zero-order valence-electron chi connectivity index (χ0n) is 11.8. The zero-order valence-corrected chi connectivity index (χ0v) is 11.8. The number of aromatic nitrogens is 2. The van der Waals surface area contributed by atoms with Gasteiger partial charge < -0.3 is 5.32 Å². The minimum Gasteiger partial charge on any atom is -0.385 e. The van der Waals surface area contributed by atoms with Crippen LogP contribution in [0.5, 0.6) is 0 Å². The van der Waals surface area contributed by atoms with Crippen LogP contribution in [-0.4, -0.2) is 16.3 Å². The first kappa shape index (κ1) is 12.2. The molecule has 21 heavy (non-hydrogen) atoms. The van der Waals surface area contributed by atoms with Crippen molar-refractivity contribution in [3.8, 4) is 16.8 Å². The molecule has 4 rings (SSSR count). The van der Waals surface area contributed by atoms with E-state index in [2.05, 4.69) is 46.9 Å². The Kier molecular flexibility index (Phi) is 2.96. The number of hydrogen-bond donors (Lipinski definition) is 1. The van der Waals surface area contributed by atoms with Gasteiger partial charge in [0.2, 0.25) is 0 Å². The number of benzene rings is 2. The third-order valence-corrected chi connectivity index (χ3v) is 3.98. The van der Waals surface area contributed by atoms with Crippen LogP contribution in [0, 0.1) is 0 Å². The van der Waals surface area contributed by atoms with E-state index >= 15 is 0 Å². The molecule has 2 aromatic carbocycles. The number of fused-ring (bicyclic) bond motifs is 1. The summed E-state index contributed by atoms with van der Waals surface area (Å²) in [6.45, 7) is 1.08. The average molecular weight is 275 g/mol. The second-order valence-corrected chi connectivity index (χ2v) is 5.41. The molecule has 0 amide bonds. The molecule has 3 nitrogen and oxygen atoms in total. The molecular weight excluding hydrogens is 258 g/mol. The maximum atomic E-state index is 4.48. The summed E-state index contributed by atoms with van der Waals surface area (Å²) in [5, 5.41) is 7.93. The van der Waals surface area contributed by atoms with Gasteiger partial charge in [0.1, 0.15) is 0 Å². The van der Waals surface area contributed by atoms with E-state index in [0.29, 0.717) is 0 Å². The second kappa shape index (κ2) is 5.09. The Morgan fingerprint density at radius 2 is 1.90 bits per heavy atom. The van der Waals surface area contributed by atoms with Crippen molar-refractivity contribution in [1.82, 2.24) is 9.78 Å². The highest BCUT2D eigenvalue weighted by molar-refractivity contribution is 5.68. The standard InChI is InChI=1S/C18H17N3/c1-2-6-17(7-3-1)21-13-16(12-20-21)14-8-9-18-15(11-14)5-4-10-19-18/h1-3,6-9,11-13,19H,4-5,10H2. The molecule has 2 heterocycles. The van der Waals surface area contributed by atoms with E-state index in [1.807, 2.05) is 29.1 Å². The van der Waals surface area contributed by atoms with Crippen molar-refractivity contribution in [2.45, 2.75) is 12.8 Å². The summed E-state index contributed by atoms with van der Waals surface area (Å²) < 4.78 is 1.92. The van der Waals surface area contributed by atoms with Crippen molar-refractivity contribution < 1.29 is 0 Å². The number of rotatable bonds is 2. The van der Waals surface area contributed by atoms with Crippen molar-refractivity contribution >= 4 is 5.69 Å². The van der Waals surface area contributed by atoms with Crippen molar-refractivity contribution in [1.29, 1.82) is 0 Å². The first-order valence-electron chi connectivity index (χ1n) is 7.37. The normalized spacial score (nSPS) is 13.5. The van der Waals surface area contributed by atoms with Crippen LogP contribution in [0.2, 0.25) is 0 Å². The lowest BCUT2D eigenvalue weighted by molar-refractivity contribution is 0.830. The summed E-state index contributed by atoms with van der Waals surface area (Å²) in [6, 6.07) is 16.8. The van der Waals surface area contributed by atoms with E-state index in [-0.39, 0.29) is 0 Å². The van der Waals surface area contributed by atoms with Gasteiger partial charge in [-0.3, -0.25) is 0 Å². The minimum absolute atomic E-state index is 1.08. The summed E-state index contributed by atoms with van der Waals surface area (Å²) in [7, 11) is 0. The minimum atomic E-state index is 1.08. The molecule has 0 unspecified atom stereocenters. The third-order valence-electron chi connectivity index (χ3n) is 3.98. The predicted molar refractivity (Wildman–Crippen MR) is 85.8 cm³/mol. The van der Waals surface area contributed by atoms with E-state index in [0.717, 1.165) is 24.2 Å². The largest absolute Gasteiger partial charge is 0.385 e. The Hall–Kier alpha value is -2.55. The highest BCUT2D eigenvalue weighted by Gasteiger charge is 2.10. The van der Waals surface area contributed by atoms with E-state index in [9.17, 15) is 0 Å². The van der Waals surface area contributed by atoms with Crippen molar-refractivity contribution in [3.63, 3.8) is 0 Å². The first-order valence-corrected chi connectivity index (χ1v) is 7.37. The molecule has 0 spiro atoms. The molecule has 0 fully saturated rings. The Balaban J connectivity index is 1.70. The maximum Gasteiger partial charge on any atom is 0.0645 e. The van der Waals surface area contributed by atoms with Gasteiger partial charge in [-0.2, -0.15) is 5.10 Å². The summed E-state index contributed by atoms with van der Waals surface area (Å²) in [6.07, 6.45) is 6.39. The van der Waals surface area contributed by atoms with Gasteiger partial charge in [0.05, 0.1) is 11.9 Å². The number of hydrogen-bond acceptors (Lipinski definition) is 2. The smallest absolute Gasteiger partial charge is 0.0645 e. The SMILES string of the molecule is c1ccc(-n2cc(-c3ccc4c(c3)CCCN4)cn2)cc1. The Morgan fingerprint density at radius 1 is 1.00 bits per heavy atom. The van der Waals surface area contributed by atoms with E-state index in [4.69, 9.17) is 0 Å². The molecule has 1 aliphatic rings. The highest BCUT2D eigenvalue weighted by Crippen LogP contribution is 2.28. The predicted octanol–water partition coefficient (Wildman–Crippen LogP) is 3.90. The lowest BCUT2D eigenvalue weighted by Crippen LogP contribution is -2.11. The summed E-state index contributed by atoms with van der Waals surface area (Å²) in [5.74, 6) is 0. The van der Waals surface area contributed by atoms with Crippen molar-refractivity contribution in [3.05, 3.63) is 66.5 Å². The Labute approximate surface area is 124 Å². The zero-order chi connectivity index (χ0) is 14.1. The monoisotopic (exact) mass is 275 g/mol. The molecule has 104 valence electrons. The van der Waals surface area contributed by atoms with E-state index in [1.165, 1.54) is 23.2 Å². The van der Waals surface area contributed by atoms with Crippen LogP contribution < -0.4 is 5.32 Å². The fraction of sp³-hybridized carbons (Fsp3) is 0.167. The van der Waals surface area contributed by atoms with Gasteiger partial charge in [0.25, 0.3) is 0 Å². The molecule has 0 saturated carbocycles. The summed E-state index contributed by atoms with van der Waals surface area (Å²) >= 11 is 0. The molecule has 0 aliphatic carbocycles.